The van der Waals surface area contributed by atoms with Gasteiger partial charge in [-0.1, -0.05) is 23.7 Å². The summed E-state index contributed by atoms with van der Waals surface area (Å²) in [5, 5.41) is 3.07. The molecular weight excluding hydrogens is 368 g/mol. The van der Waals surface area contributed by atoms with E-state index >= 15 is 0 Å². The van der Waals surface area contributed by atoms with Crippen molar-refractivity contribution in [3.63, 3.8) is 0 Å². The van der Waals surface area contributed by atoms with E-state index in [0.717, 1.165) is 12.1 Å². The van der Waals surface area contributed by atoms with Crippen LogP contribution >= 0.6 is 11.6 Å². The summed E-state index contributed by atoms with van der Waals surface area (Å²) in [6, 6.07) is 8.83. The molecule has 0 aliphatic rings. The van der Waals surface area contributed by atoms with E-state index < -0.39 is 0 Å². The van der Waals surface area contributed by atoms with Gasteiger partial charge in [0.2, 0.25) is 5.88 Å². The zero-order chi connectivity index (χ0) is 19.8. The van der Waals surface area contributed by atoms with Crippen molar-refractivity contribution in [2.75, 3.05) is 33.9 Å². The van der Waals surface area contributed by atoms with E-state index in [1.54, 1.807) is 18.2 Å². The van der Waals surface area contributed by atoms with Crippen molar-refractivity contribution in [2.24, 2.45) is 0 Å². The molecule has 0 aliphatic carbocycles. The number of ether oxygens (including phenoxy) is 2. The Morgan fingerprint density at radius 3 is 2.70 bits per heavy atom. The van der Waals surface area contributed by atoms with E-state index in [4.69, 9.17) is 21.1 Å². The number of likely N-dealkylation sites (N-methyl/N-ethyl adjacent to an activating group) is 1. The van der Waals surface area contributed by atoms with Crippen LogP contribution in [0, 0.1) is 0 Å². The molecule has 0 saturated heterocycles. The topological polar surface area (TPSA) is 76.6 Å². The molecule has 0 radical (unpaired) electrons. The summed E-state index contributed by atoms with van der Waals surface area (Å²) in [5.74, 6) is 1.21. The van der Waals surface area contributed by atoms with Crippen molar-refractivity contribution in [2.45, 2.75) is 19.9 Å². The molecule has 0 fully saturated rings. The van der Waals surface area contributed by atoms with Crippen molar-refractivity contribution in [3.05, 3.63) is 35.5 Å². The fourth-order valence-electron chi connectivity index (χ4n) is 2.17. The molecule has 0 unspecified atom stereocenters. The van der Waals surface area contributed by atoms with E-state index in [0.29, 0.717) is 29.2 Å². The number of nitrogens with zero attached hydrogens (tertiary/aromatic N) is 3. The largest absolute Gasteiger partial charge is 0.484 e. The second-order valence-corrected chi connectivity index (χ2v) is 6.93. The molecule has 0 bridgehead atoms. The van der Waals surface area contributed by atoms with Crippen LogP contribution in [-0.2, 0) is 4.79 Å². The van der Waals surface area contributed by atoms with Crippen molar-refractivity contribution >= 4 is 17.5 Å². The van der Waals surface area contributed by atoms with Crippen molar-refractivity contribution in [3.8, 4) is 23.0 Å². The highest BCUT2D eigenvalue weighted by atomic mass is 35.5. The molecule has 1 aromatic carbocycles. The monoisotopic (exact) mass is 392 g/mol. The Balaban J connectivity index is 2.09. The van der Waals surface area contributed by atoms with Gasteiger partial charge in [0.15, 0.2) is 12.4 Å². The summed E-state index contributed by atoms with van der Waals surface area (Å²) < 4.78 is 11.2. The molecule has 27 heavy (non-hydrogen) atoms. The first-order valence-electron chi connectivity index (χ1n) is 8.68. The predicted octanol–water partition coefficient (Wildman–Crippen LogP) is 2.64. The molecule has 1 aromatic heterocycles. The number of carbonyl (C=O) groups is 1. The number of hydrogen-bond acceptors (Lipinski definition) is 6. The second-order valence-electron chi connectivity index (χ2n) is 6.54. The smallest absolute Gasteiger partial charge is 0.258 e. The lowest BCUT2D eigenvalue weighted by molar-refractivity contribution is -0.123. The number of aromatic nitrogens is 2. The normalized spacial score (nSPS) is 10.9. The minimum absolute atomic E-state index is 0.0586. The highest BCUT2D eigenvalue weighted by Gasteiger charge is 2.10. The molecule has 2 aromatic rings. The number of rotatable bonds is 9. The molecule has 8 heteroatoms. The van der Waals surface area contributed by atoms with E-state index in [1.807, 2.05) is 45.0 Å². The summed E-state index contributed by atoms with van der Waals surface area (Å²) in [7, 11) is 3.93. The SMILES string of the molecule is CC(C)NC(=O)COc1cccc(-c2nc(Cl)cc(OCCN(C)C)n2)c1. The van der Waals surface area contributed by atoms with Gasteiger partial charge in [-0.3, -0.25) is 4.79 Å². The quantitative estimate of drug-likeness (QED) is 0.661. The molecule has 1 N–H and O–H groups in total. The van der Waals surface area contributed by atoms with Crippen molar-refractivity contribution < 1.29 is 14.3 Å². The molecular formula is C19H25ClN4O3. The number of halogens is 1. The molecule has 1 amide bonds. The number of carbonyl (C=O) groups excluding carboxylic acids is 1. The maximum atomic E-state index is 11.7. The van der Waals surface area contributed by atoms with Gasteiger partial charge in [-0.05, 0) is 40.1 Å². The van der Waals surface area contributed by atoms with Crippen LogP contribution in [0.2, 0.25) is 5.15 Å². The summed E-state index contributed by atoms with van der Waals surface area (Å²) >= 11 is 6.11. The summed E-state index contributed by atoms with van der Waals surface area (Å²) in [5.41, 5.74) is 0.719. The average molecular weight is 393 g/mol. The van der Waals surface area contributed by atoms with Crippen LogP contribution in [-0.4, -0.2) is 60.7 Å². The fourth-order valence-corrected chi connectivity index (χ4v) is 2.34. The van der Waals surface area contributed by atoms with E-state index in [9.17, 15) is 4.79 Å². The molecule has 0 saturated carbocycles. The van der Waals surface area contributed by atoms with Crippen LogP contribution in [0.5, 0.6) is 11.6 Å². The van der Waals surface area contributed by atoms with Crippen molar-refractivity contribution in [1.29, 1.82) is 0 Å². The van der Waals surface area contributed by atoms with Crippen LogP contribution in [0.25, 0.3) is 11.4 Å². The molecule has 0 aliphatic heterocycles. The zero-order valence-electron chi connectivity index (χ0n) is 16.0. The third kappa shape index (κ3) is 7.40. The molecule has 146 valence electrons. The van der Waals surface area contributed by atoms with Gasteiger partial charge >= 0.3 is 0 Å². The van der Waals surface area contributed by atoms with Crippen LogP contribution < -0.4 is 14.8 Å². The second kappa shape index (κ2) is 10.1. The standard InChI is InChI=1S/C19H25ClN4O3/c1-13(2)21-17(25)12-27-15-7-5-6-14(10-15)19-22-16(20)11-18(23-19)26-9-8-24(3)4/h5-7,10-11,13H,8-9,12H2,1-4H3,(H,21,25). The van der Waals surface area contributed by atoms with E-state index in [-0.39, 0.29) is 18.6 Å². The van der Waals surface area contributed by atoms with Gasteiger partial charge in [0.25, 0.3) is 5.91 Å². The lowest BCUT2D eigenvalue weighted by atomic mass is 10.2. The van der Waals surface area contributed by atoms with Gasteiger partial charge in [0.1, 0.15) is 17.5 Å². The third-order valence-electron chi connectivity index (χ3n) is 3.37. The summed E-state index contributed by atoms with van der Waals surface area (Å²) in [6.07, 6.45) is 0. The Labute approximate surface area is 164 Å². The Bertz CT molecular complexity index is 768. The minimum Gasteiger partial charge on any atom is -0.484 e. The lowest BCUT2D eigenvalue weighted by Crippen LogP contribution is -2.34. The van der Waals surface area contributed by atoms with Crippen LogP contribution in [0.15, 0.2) is 30.3 Å². The minimum atomic E-state index is -0.175. The van der Waals surface area contributed by atoms with Crippen LogP contribution in [0.1, 0.15) is 13.8 Å². The molecule has 0 spiro atoms. The van der Waals surface area contributed by atoms with Crippen LogP contribution in [0.3, 0.4) is 0 Å². The van der Waals surface area contributed by atoms with Gasteiger partial charge in [-0.15, -0.1) is 0 Å². The Morgan fingerprint density at radius 1 is 1.22 bits per heavy atom. The first-order valence-corrected chi connectivity index (χ1v) is 9.06. The van der Waals surface area contributed by atoms with Gasteiger partial charge < -0.3 is 19.7 Å². The average Bonchev–Trinajstić information content (AvgIpc) is 2.59. The number of nitrogens with one attached hydrogen (secondary N) is 1. The molecule has 1 heterocycles. The fraction of sp³-hybridized carbons (Fsp3) is 0.421. The molecule has 2 rings (SSSR count). The Hall–Kier alpha value is -2.38. The first kappa shape index (κ1) is 20.9. The van der Waals surface area contributed by atoms with Crippen molar-refractivity contribution in [1.82, 2.24) is 20.2 Å². The van der Waals surface area contributed by atoms with Crippen LogP contribution in [0.4, 0.5) is 0 Å². The number of amides is 1. The summed E-state index contributed by atoms with van der Waals surface area (Å²) in [6.45, 7) is 4.99. The Morgan fingerprint density at radius 2 is 2.00 bits per heavy atom. The zero-order valence-corrected chi connectivity index (χ0v) is 16.8. The maximum Gasteiger partial charge on any atom is 0.258 e. The van der Waals surface area contributed by atoms with Gasteiger partial charge in [-0.2, -0.15) is 4.98 Å². The Kier molecular flexibility index (Phi) is 7.82. The van der Waals surface area contributed by atoms with E-state index in [1.165, 1.54) is 0 Å². The van der Waals surface area contributed by atoms with Gasteiger partial charge in [0.05, 0.1) is 0 Å². The van der Waals surface area contributed by atoms with E-state index in [2.05, 4.69) is 15.3 Å². The van der Waals surface area contributed by atoms with Gasteiger partial charge in [-0.25, -0.2) is 4.98 Å². The number of hydrogen-bond donors (Lipinski definition) is 1. The third-order valence-corrected chi connectivity index (χ3v) is 3.57. The highest BCUT2D eigenvalue weighted by Crippen LogP contribution is 2.24. The maximum absolute atomic E-state index is 11.7. The first-order chi connectivity index (χ1) is 12.8. The lowest BCUT2D eigenvalue weighted by Gasteiger charge is -2.12. The predicted molar refractivity (Wildman–Crippen MR) is 105 cm³/mol. The molecule has 0 atom stereocenters. The number of benzene rings is 1. The molecule has 7 nitrogen and oxygen atoms in total. The van der Waals surface area contributed by atoms with Gasteiger partial charge in [0, 0.05) is 24.2 Å². The highest BCUT2D eigenvalue weighted by molar-refractivity contribution is 6.29. The summed E-state index contributed by atoms with van der Waals surface area (Å²) in [4.78, 5) is 22.4.